The number of hydrogen-bond donors (Lipinski definition) is 2. The smallest absolute Gasteiger partial charge is 0.335 e. The average Bonchev–Trinajstić information content (AvgIpc) is 2.45. The number of aromatic nitrogens is 1. The Hall–Kier alpha value is -2.59. The quantitative estimate of drug-likeness (QED) is 0.845. The van der Waals surface area contributed by atoms with Crippen molar-refractivity contribution in [2.75, 3.05) is 0 Å². The van der Waals surface area contributed by atoms with E-state index in [9.17, 15) is 14.0 Å². The van der Waals surface area contributed by atoms with Gasteiger partial charge >= 0.3 is 5.97 Å². The van der Waals surface area contributed by atoms with Crippen LogP contribution in [-0.4, -0.2) is 16.1 Å². The van der Waals surface area contributed by atoms with Gasteiger partial charge in [-0.25, -0.2) is 9.18 Å². The summed E-state index contributed by atoms with van der Waals surface area (Å²) in [5.74, 6) is -1.58. The van der Waals surface area contributed by atoms with Crippen molar-refractivity contribution in [3.63, 3.8) is 0 Å². The number of H-pyrrole nitrogens is 1. The van der Waals surface area contributed by atoms with Crippen molar-refractivity contribution < 1.29 is 14.3 Å². The van der Waals surface area contributed by atoms with Crippen molar-refractivity contribution in [1.82, 2.24) is 4.98 Å². The Morgan fingerprint density at radius 1 is 1.45 bits per heavy atom. The number of rotatable bonds is 4. The molecule has 1 heterocycles. The number of aryl methyl sites for hydroxylation is 1. The molecule has 1 aromatic heterocycles. The number of aromatic carboxylic acids is 1. The molecule has 0 aliphatic rings. The van der Waals surface area contributed by atoms with Gasteiger partial charge in [-0.15, -0.1) is 11.8 Å². The van der Waals surface area contributed by atoms with Crippen LogP contribution in [0.2, 0.25) is 0 Å². The minimum atomic E-state index is -1.15. The number of nitrogens with zero attached hydrogens (tertiary/aromatic N) is 1. The van der Waals surface area contributed by atoms with E-state index in [0.717, 1.165) is 17.8 Å². The number of pyridine rings is 1. The van der Waals surface area contributed by atoms with E-state index >= 15 is 0 Å². The van der Waals surface area contributed by atoms with Gasteiger partial charge in [0.2, 0.25) is 5.56 Å². The summed E-state index contributed by atoms with van der Waals surface area (Å²) in [4.78, 5) is 24.9. The number of carbonyl (C=O) groups is 1. The standard InChI is InChI=1S/C15H11FN2O3S/c1-8-4-13(19)18-14(11(8)6-17)22-7-10-5-9(15(20)21)2-3-12(10)16/h2-5H,7H2,1H3,(H,18,19)(H,20,21). The molecular formula is C15H11FN2O3S. The van der Waals surface area contributed by atoms with Crippen LogP contribution in [0.15, 0.2) is 34.1 Å². The minimum absolute atomic E-state index is 0.0183. The lowest BCUT2D eigenvalue weighted by Gasteiger charge is -2.07. The monoisotopic (exact) mass is 318 g/mol. The van der Waals surface area contributed by atoms with Crippen LogP contribution in [0.4, 0.5) is 4.39 Å². The molecule has 0 radical (unpaired) electrons. The maximum absolute atomic E-state index is 13.7. The Kier molecular flexibility index (Phi) is 4.63. The molecule has 0 saturated heterocycles. The molecule has 0 bridgehead atoms. The van der Waals surface area contributed by atoms with Gasteiger partial charge in [-0.1, -0.05) is 0 Å². The van der Waals surface area contributed by atoms with Crippen molar-refractivity contribution in [2.24, 2.45) is 0 Å². The topological polar surface area (TPSA) is 93.9 Å². The van der Waals surface area contributed by atoms with Gasteiger partial charge in [0, 0.05) is 11.8 Å². The van der Waals surface area contributed by atoms with Crippen LogP contribution < -0.4 is 5.56 Å². The molecule has 0 unspecified atom stereocenters. The van der Waals surface area contributed by atoms with Gasteiger partial charge in [-0.2, -0.15) is 5.26 Å². The first-order valence-electron chi connectivity index (χ1n) is 6.21. The Labute approximate surface area is 129 Å². The zero-order chi connectivity index (χ0) is 16.3. The largest absolute Gasteiger partial charge is 0.478 e. The van der Waals surface area contributed by atoms with Gasteiger partial charge < -0.3 is 10.1 Å². The third kappa shape index (κ3) is 3.35. The molecule has 7 heteroatoms. The van der Waals surface area contributed by atoms with E-state index in [1.165, 1.54) is 18.2 Å². The van der Waals surface area contributed by atoms with E-state index in [1.54, 1.807) is 6.92 Å². The van der Waals surface area contributed by atoms with E-state index < -0.39 is 11.8 Å². The second-order valence-corrected chi connectivity index (χ2v) is 5.52. The van der Waals surface area contributed by atoms with E-state index in [-0.39, 0.29) is 22.4 Å². The van der Waals surface area contributed by atoms with Crippen molar-refractivity contribution >= 4 is 17.7 Å². The van der Waals surface area contributed by atoms with Crippen molar-refractivity contribution in [3.8, 4) is 6.07 Å². The molecule has 5 nitrogen and oxygen atoms in total. The summed E-state index contributed by atoms with van der Waals surface area (Å²) in [6.07, 6.45) is 0. The first kappa shape index (κ1) is 15.8. The zero-order valence-corrected chi connectivity index (χ0v) is 12.3. The van der Waals surface area contributed by atoms with Gasteiger partial charge in [0.1, 0.15) is 11.9 Å². The van der Waals surface area contributed by atoms with E-state index in [1.807, 2.05) is 6.07 Å². The Morgan fingerprint density at radius 2 is 2.18 bits per heavy atom. The molecule has 2 N–H and O–H groups in total. The number of nitrogens with one attached hydrogen (secondary N) is 1. The predicted molar refractivity (Wildman–Crippen MR) is 79.4 cm³/mol. The fourth-order valence-electron chi connectivity index (χ4n) is 1.87. The highest BCUT2D eigenvalue weighted by Gasteiger charge is 2.12. The first-order valence-corrected chi connectivity index (χ1v) is 7.19. The number of carboxylic acids is 1. The van der Waals surface area contributed by atoms with Gasteiger partial charge in [-0.05, 0) is 36.2 Å². The molecule has 0 saturated carbocycles. The first-order chi connectivity index (χ1) is 10.4. The molecule has 0 spiro atoms. The number of halogens is 1. The predicted octanol–water partition coefficient (Wildman–Crippen LogP) is 2.68. The third-order valence-corrected chi connectivity index (χ3v) is 4.03. The van der Waals surface area contributed by atoms with Crippen molar-refractivity contribution in [1.29, 1.82) is 5.26 Å². The molecule has 2 rings (SSSR count). The fraction of sp³-hybridized carbons (Fsp3) is 0.133. The SMILES string of the molecule is Cc1cc(=O)[nH]c(SCc2cc(C(=O)O)ccc2F)c1C#N. The van der Waals surface area contributed by atoms with Crippen LogP contribution in [0.3, 0.4) is 0 Å². The Morgan fingerprint density at radius 3 is 2.82 bits per heavy atom. The molecule has 112 valence electrons. The van der Waals surface area contributed by atoms with Gasteiger partial charge in [0.25, 0.3) is 0 Å². The average molecular weight is 318 g/mol. The summed E-state index contributed by atoms with van der Waals surface area (Å²) in [5.41, 5.74) is 0.679. The van der Waals surface area contributed by atoms with Crippen molar-refractivity contribution in [2.45, 2.75) is 17.7 Å². The van der Waals surface area contributed by atoms with Gasteiger partial charge in [0.15, 0.2) is 0 Å². The summed E-state index contributed by atoms with van der Waals surface area (Å²) in [6, 6.07) is 6.82. The fourth-order valence-corrected chi connectivity index (χ4v) is 2.92. The maximum Gasteiger partial charge on any atom is 0.335 e. The highest BCUT2D eigenvalue weighted by molar-refractivity contribution is 7.98. The summed E-state index contributed by atoms with van der Waals surface area (Å²) >= 11 is 1.08. The van der Waals surface area contributed by atoms with Crippen LogP contribution >= 0.6 is 11.8 Å². The van der Waals surface area contributed by atoms with E-state index in [2.05, 4.69) is 4.98 Å². The lowest BCUT2D eigenvalue weighted by atomic mass is 10.1. The number of benzene rings is 1. The Bertz CT molecular complexity index is 840. The van der Waals surface area contributed by atoms with E-state index in [0.29, 0.717) is 16.2 Å². The van der Waals surface area contributed by atoms with Crippen LogP contribution in [0.5, 0.6) is 0 Å². The van der Waals surface area contributed by atoms with Gasteiger partial charge in [0.05, 0.1) is 16.2 Å². The molecule has 0 amide bonds. The Balaban J connectivity index is 2.32. The second kappa shape index (κ2) is 6.45. The lowest BCUT2D eigenvalue weighted by molar-refractivity contribution is 0.0696. The molecule has 0 fully saturated rings. The minimum Gasteiger partial charge on any atom is -0.478 e. The van der Waals surface area contributed by atoms with Gasteiger partial charge in [-0.3, -0.25) is 4.79 Å². The normalized spacial score (nSPS) is 10.2. The number of hydrogen-bond acceptors (Lipinski definition) is 4. The van der Waals surface area contributed by atoms with Crippen LogP contribution in [0.1, 0.15) is 27.0 Å². The third-order valence-electron chi connectivity index (χ3n) is 2.98. The molecule has 0 aliphatic carbocycles. The molecule has 2 aromatic rings. The summed E-state index contributed by atoms with van der Waals surface area (Å²) in [7, 11) is 0. The number of carboxylic acid groups (broad SMARTS) is 1. The lowest BCUT2D eigenvalue weighted by Crippen LogP contribution is -2.08. The highest BCUT2D eigenvalue weighted by atomic mass is 32.2. The van der Waals surface area contributed by atoms with Crippen LogP contribution in [0.25, 0.3) is 0 Å². The molecule has 0 atom stereocenters. The number of nitriles is 1. The number of thioether (sulfide) groups is 1. The molecule has 22 heavy (non-hydrogen) atoms. The summed E-state index contributed by atoms with van der Waals surface area (Å²) < 4.78 is 13.7. The second-order valence-electron chi connectivity index (χ2n) is 4.53. The zero-order valence-electron chi connectivity index (χ0n) is 11.5. The number of aromatic amines is 1. The molecule has 1 aromatic carbocycles. The van der Waals surface area contributed by atoms with E-state index in [4.69, 9.17) is 10.4 Å². The van der Waals surface area contributed by atoms with Crippen molar-refractivity contribution in [3.05, 3.63) is 62.7 Å². The summed E-state index contributed by atoms with van der Waals surface area (Å²) in [6.45, 7) is 1.64. The van der Waals surface area contributed by atoms with Crippen LogP contribution in [0, 0.1) is 24.1 Å². The highest BCUT2D eigenvalue weighted by Crippen LogP contribution is 2.26. The van der Waals surface area contributed by atoms with Crippen LogP contribution in [-0.2, 0) is 5.75 Å². The molecular weight excluding hydrogens is 307 g/mol. The molecule has 0 aliphatic heterocycles. The maximum atomic E-state index is 13.7. The summed E-state index contributed by atoms with van der Waals surface area (Å²) in [5, 5.41) is 18.4.